The van der Waals surface area contributed by atoms with E-state index < -0.39 is 0 Å². The summed E-state index contributed by atoms with van der Waals surface area (Å²) in [5.74, 6) is 2.00. The second-order valence-corrected chi connectivity index (χ2v) is 5.80. The molecule has 0 aromatic heterocycles. The Morgan fingerprint density at radius 2 is 2.11 bits per heavy atom. The third-order valence-electron chi connectivity index (χ3n) is 3.59. The molecule has 1 unspecified atom stereocenters. The first kappa shape index (κ1) is 12.7. The molecule has 0 radical (unpaired) electrons. The van der Waals surface area contributed by atoms with E-state index in [1.165, 1.54) is 11.1 Å². The SMILES string of the molecule is CC(CO)c1ccc2c(c1)Cc1c(Br)cccc1O2. The van der Waals surface area contributed by atoms with Crippen LogP contribution in [0.1, 0.15) is 29.5 Å². The zero-order valence-corrected chi connectivity index (χ0v) is 12.3. The third kappa shape index (κ3) is 2.28. The van der Waals surface area contributed by atoms with Crippen molar-refractivity contribution in [3.63, 3.8) is 0 Å². The Bertz CT molecular complexity index is 622. The van der Waals surface area contributed by atoms with Gasteiger partial charge in [-0.05, 0) is 29.3 Å². The van der Waals surface area contributed by atoms with Crippen molar-refractivity contribution >= 4 is 15.9 Å². The van der Waals surface area contributed by atoms with Crippen LogP contribution in [0.4, 0.5) is 0 Å². The van der Waals surface area contributed by atoms with Gasteiger partial charge >= 0.3 is 0 Å². The summed E-state index contributed by atoms with van der Waals surface area (Å²) in [7, 11) is 0. The average molecular weight is 319 g/mol. The summed E-state index contributed by atoms with van der Waals surface area (Å²) in [6, 6.07) is 12.2. The minimum atomic E-state index is 0.158. The first-order valence-corrected chi connectivity index (χ1v) is 7.17. The summed E-state index contributed by atoms with van der Waals surface area (Å²) in [6.07, 6.45) is 0.859. The van der Waals surface area contributed by atoms with E-state index in [0.717, 1.165) is 28.0 Å². The molecule has 3 rings (SSSR count). The number of hydrogen-bond acceptors (Lipinski definition) is 2. The molecule has 2 aromatic carbocycles. The molecule has 0 bridgehead atoms. The summed E-state index contributed by atoms with van der Waals surface area (Å²) < 4.78 is 7.01. The summed E-state index contributed by atoms with van der Waals surface area (Å²) in [5, 5.41) is 9.26. The van der Waals surface area contributed by atoms with Gasteiger partial charge in [-0.3, -0.25) is 0 Å². The van der Waals surface area contributed by atoms with Crippen LogP contribution in [0.25, 0.3) is 0 Å². The minimum absolute atomic E-state index is 0.158. The highest BCUT2D eigenvalue weighted by Crippen LogP contribution is 2.40. The van der Waals surface area contributed by atoms with Crippen molar-refractivity contribution in [3.8, 4) is 11.5 Å². The van der Waals surface area contributed by atoms with Crippen molar-refractivity contribution in [1.29, 1.82) is 0 Å². The molecule has 19 heavy (non-hydrogen) atoms. The molecule has 0 fully saturated rings. The van der Waals surface area contributed by atoms with Gasteiger partial charge in [0.2, 0.25) is 0 Å². The zero-order valence-electron chi connectivity index (χ0n) is 10.7. The Hall–Kier alpha value is -1.32. The Morgan fingerprint density at radius 3 is 2.89 bits per heavy atom. The Balaban J connectivity index is 2.01. The minimum Gasteiger partial charge on any atom is -0.457 e. The van der Waals surface area contributed by atoms with Gasteiger partial charge in [-0.2, -0.15) is 0 Å². The van der Waals surface area contributed by atoms with Gasteiger partial charge in [0.1, 0.15) is 11.5 Å². The molecule has 1 heterocycles. The highest BCUT2D eigenvalue weighted by atomic mass is 79.9. The van der Waals surface area contributed by atoms with Crippen LogP contribution in [-0.4, -0.2) is 11.7 Å². The fraction of sp³-hybridized carbons (Fsp3) is 0.250. The van der Waals surface area contributed by atoms with Gasteiger partial charge in [0.15, 0.2) is 0 Å². The highest BCUT2D eigenvalue weighted by Gasteiger charge is 2.19. The first-order chi connectivity index (χ1) is 9.19. The standard InChI is InChI=1S/C16H15BrO2/c1-10(9-18)11-5-6-15-12(7-11)8-13-14(17)3-2-4-16(13)19-15/h2-7,10,18H,8-9H2,1H3. The fourth-order valence-corrected chi connectivity index (χ4v) is 2.85. The van der Waals surface area contributed by atoms with Gasteiger partial charge in [-0.25, -0.2) is 0 Å². The van der Waals surface area contributed by atoms with E-state index >= 15 is 0 Å². The van der Waals surface area contributed by atoms with E-state index in [4.69, 9.17) is 4.74 Å². The molecule has 2 aromatic rings. The predicted molar refractivity (Wildman–Crippen MR) is 79.0 cm³/mol. The van der Waals surface area contributed by atoms with Crippen molar-refractivity contribution in [2.45, 2.75) is 19.3 Å². The molecule has 1 aliphatic rings. The molecule has 0 saturated heterocycles. The topological polar surface area (TPSA) is 29.5 Å². The Morgan fingerprint density at radius 1 is 1.26 bits per heavy atom. The molecule has 0 amide bonds. The number of rotatable bonds is 2. The smallest absolute Gasteiger partial charge is 0.132 e. The number of halogens is 1. The molecular formula is C16H15BrO2. The van der Waals surface area contributed by atoms with Gasteiger partial charge in [0, 0.05) is 29.0 Å². The molecule has 3 heteroatoms. The lowest BCUT2D eigenvalue weighted by molar-refractivity contribution is 0.273. The molecule has 0 aliphatic carbocycles. The number of aliphatic hydroxyl groups is 1. The molecule has 98 valence electrons. The highest BCUT2D eigenvalue weighted by molar-refractivity contribution is 9.10. The maximum atomic E-state index is 9.26. The summed E-state index contributed by atoms with van der Waals surface area (Å²) >= 11 is 3.57. The van der Waals surface area contributed by atoms with Crippen molar-refractivity contribution in [1.82, 2.24) is 0 Å². The molecule has 0 saturated carbocycles. The molecule has 0 spiro atoms. The second kappa shape index (κ2) is 4.99. The van der Waals surface area contributed by atoms with Gasteiger partial charge in [-0.15, -0.1) is 0 Å². The van der Waals surface area contributed by atoms with E-state index in [1.54, 1.807) is 0 Å². The van der Waals surface area contributed by atoms with E-state index in [9.17, 15) is 5.11 Å². The summed E-state index contributed by atoms with van der Waals surface area (Å²) in [5.41, 5.74) is 3.52. The third-order valence-corrected chi connectivity index (χ3v) is 4.33. The van der Waals surface area contributed by atoms with Gasteiger partial charge in [0.25, 0.3) is 0 Å². The van der Waals surface area contributed by atoms with Crippen molar-refractivity contribution in [2.75, 3.05) is 6.61 Å². The van der Waals surface area contributed by atoms with Crippen LogP contribution < -0.4 is 4.74 Å². The molecule has 1 atom stereocenters. The first-order valence-electron chi connectivity index (χ1n) is 6.38. The number of aliphatic hydroxyl groups excluding tert-OH is 1. The van der Waals surface area contributed by atoms with Crippen molar-refractivity contribution in [3.05, 3.63) is 57.6 Å². The maximum absolute atomic E-state index is 9.26. The lowest BCUT2D eigenvalue weighted by Gasteiger charge is -2.22. The lowest BCUT2D eigenvalue weighted by Crippen LogP contribution is -2.06. The molecular weight excluding hydrogens is 304 g/mol. The molecule has 1 aliphatic heterocycles. The van der Waals surface area contributed by atoms with Crippen LogP contribution in [-0.2, 0) is 6.42 Å². The largest absolute Gasteiger partial charge is 0.457 e. The van der Waals surface area contributed by atoms with Crippen LogP contribution >= 0.6 is 15.9 Å². The Kier molecular flexibility index (Phi) is 3.33. The van der Waals surface area contributed by atoms with Gasteiger partial charge in [-0.1, -0.05) is 41.1 Å². The number of fused-ring (bicyclic) bond motifs is 2. The van der Waals surface area contributed by atoms with Crippen LogP contribution in [0.5, 0.6) is 11.5 Å². The number of ether oxygens (including phenoxy) is 1. The average Bonchev–Trinajstić information content (AvgIpc) is 2.44. The maximum Gasteiger partial charge on any atom is 0.132 e. The summed E-state index contributed by atoms with van der Waals surface area (Å²) in [6.45, 7) is 2.19. The quantitative estimate of drug-likeness (QED) is 0.765. The van der Waals surface area contributed by atoms with E-state index in [-0.39, 0.29) is 12.5 Å². The van der Waals surface area contributed by atoms with Gasteiger partial charge < -0.3 is 9.84 Å². The molecule has 1 N–H and O–H groups in total. The van der Waals surface area contributed by atoms with Gasteiger partial charge in [0.05, 0.1) is 0 Å². The normalized spacial score (nSPS) is 14.3. The van der Waals surface area contributed by atoms with Crippen LogP contribution in [0.3, 0.4) is 0 Å². The number of hydrogen-bond donors (Lipinski definition) is 1. The van der Waals surface area contributed by atoms with Crippen LogP contribution in [0.2, 0.25) is 0 Å². The predicted octanol–water partition coefficient (Wildman–Crippen LogP) is 4.24. The van der Waals surface area contributed by atoms with Crippen molar-refractivity contribution in [2.24, 2.45) is 0 Å². The van der Waals surface area contributed by atoms with Crippen molar-refractivity contribution < 1.29 is 9.84 Å². The van der Waals surface area contributed by atoms with E-state index in [2.05, 4.69) is 22.0 Å². The van der Waals surface area contributed by atoms with E-state index in [0.29, 0.717) is 0 Å². The fourth-order valence-electron chi connectivity index (χ4n) is 2.36. The van der Waals surface area contributed by atoms with E-state index in [1.807, 2.05) is 37.3 Å². The second-order valence-electron chi connectivity index (χ2n) is 4.95. The monoisotopic (exact) mass is 318 g/mol. The van der Waals surface area contributed by atoms with Crippen LogP contribution in [0, 0.1) is 0 Å². The molecule has 2 nitrogen and oxygen atoms in total. The summed E-state index contributed by atoms with van der Waals surface area (Å²) in [4.78, 5) is 0. The van der Waals surface area contributed by atoms with Crippen LogP contribution in [0.15, 0.2) is 40.9 Å². The Labute approximate surface area is 121 Å². The lowest BCUT2D eigenvalue weighted by atomic mass is 9.94. The zero-order chi connectivity index (χ0) is 13.4. The number of benzene rings is 2.